The summed E-state index contributed by atoms with van der Waals surface area (Å²) in [5.74, 6) is -1.55. The highest BCUT2D eigenvalue weighted by Gasteiger charge is 2.25. The maximum Gasteiger partial charge on any atom is 0.301 e. The Balaban J connectivity index is 2.15. The average molecular weight is 432 g/mol. The van der Waals surface area contributed by atoms with Crippen LogP contribution in [0.1, 0.15) is 24.2 Å². The van der Waals surface area contributed by atoms with Crippen LogP contribution < -0.4 is 20.9 Å². The number of fused-ring (bicyclic) bond motifs is 1. The minimum Gasteiger partial charge on any atom is -0.506 e. The summed E-state index contributed by atoms with van der Waals surface area (Å²) in [5.41, 5.74) is -1.65. The van der Waals surface area contributed by atoms with Gasteiger partial charge in [0.15, 0.2) is 11.2 Å². The summed E-state index contributed by atoms with van der Waals surface area (Å²) in [5, 5.41) is 18.2. The molecule has 11 heteroatoms. The number of hydrogen-bond donors (Lipinski definition) is 3. The molecule has 0 radical (unpaired) electrons. The van der Waals surface area contributed by atoms with Gasteiger partial charge in [0.25, 0.3) is 5.91 Å². The van der Waals surface area contributed by atoms with Gasteiger partial charge in [-0.2, -0.15) is 0 Å². The number of carbonyl (C=O) groups is 1. The lowest BCUT2D eigenvalue weighted by atomic mass is 10.1. The Hall–Kier alpha value is -3.44. The molecule has 0 spiro atoms. The Morgan fingerprint density at radius 2 is 1.97 bits per heavy atom. The van der Waals surface area contributed by atoms with Crippen molar-refractivity contribution in [3.8, 4) is 5.75 Å². The predicted octanol–water partition coefficient (Wildman–Crippen LogP) is 1.09. The van der Waals surface area contributed by atoms with Crippen molar-refractivity contribution in [3.05, 3.63) is 58.5 Å². The lowest BCUT2D eigenvalue weighted by Crippen LogP contribution is -2.35. The highest BCUT2D eigenvalue weighted by Crippen LogP contribution is 2.26. The molecule has 3 rings (SSSR count). The van der Waals surface area contributed by atoms with Gasteiger partial charge in [-0.25, -0.2) is 18.5 Å². The number of aromatic hydroxyl groups is 1. The van der Waals surface area contributed by atoms with Crippen LogP contribution in [-0.2, 0) is 10.0 Å². The predicted molar refractivity (Wildman–Crippen MR) is 110 cm³/mol. The number of carbonyl (C=O) groups excluding carboxylic acids is 1. The third-order valence-corrected chi connectivity index (χ3v) is 5.04. The smallest absolute Gasteiger partial charge is 0.301 e. The Morgan fingerprint density at radius 3 is 2.63 bits per heavy atom. The van der Waals surface area contributed by atoms with Gasteiger partial charge < -0.3 is 15.3 Å². The second kappa shape index (κ2) is 8.13. The fourth-order valence-electron chi connectivity index (χ4n) is 2.73. The van der Waals surface area contributed by atoms with E-state index in [1.54, 1.807) is 0 Å². The molecule has 158 valence electrons. The normalized spacial score (nSPS) is 11.6. The zero-order valence-corrected chi connectivity index (χ0v) is 17.0. The van der Waals surface area contributed by atoms with Crippen molar-refractivity contribution >= 4 is 32.7 Å². The van der Waals surface area contributed by atoms with Crippen LogP contribution >= 0.6 is 0 Å². The third kappa shape index (κ3) is 4.11. The average Bonchev–Trinajstić information content (AvgIpc) is 2.67. The van der Waals surface area contributed by atoms with E-state index in [0.717, 1.165) is 4.73 Å². The van der Waals surface area contributed by atoms with Gasteiger partial charge in [0, 0.05) is 6.20 Å². The summed E-state index contributed by atoms with van der Waals surface area (Å²) in [6.07, 6.45) is 1.42. The van der Waals surface area contributed by atoms with Crippen LogP contribution in [0.3, 0.4) is 0 Å². The molecule has 0 unspecified atom stereocenters. The molecular formula is C19H20N4O6S. The number of sulfonamides is 1. The van der Waals surface area contributed by atoms with Crippen LogP contribution in [0.2, 0.25) is 0 Å². The van der Waals surface area contributed by atoms with Crippen molar-refractivity contribution in [1.82, 2.24) is 9.71 Å². The number of rotatable bonds is 6. The fraction of sp³-hybridized carbons (Fsp3) is 0.211. The van der Waals surface area contributed by atoms with Crippen LogP contribution in [0.5, 0.6) is 5.75 Å². The summed E-state index contributed by atoms with van der Waals surface area (Å²) in [4.78, 5) is 35.1. The number of aromatic nitrogens is 2. The third-order valence-electron chi connectivity index (χ3n) is 4.08. The first-order valence-electron chi connectivity index (χ1n) is 8.90. The Kier molecular flexibility index (Phi) is 5.76. The quantitative estimate of drug-likeness (QED) is 0.527. The first-order chi connectivity index (χ1) is 14.1. The van der Waals surface area contributed by atoms with Crippen LogP contribution in [0.25, 0.3) is 11.0 Å². The molecule has 0 aliphatic carbocycles. The number of benzene rings is 1. The van der Waals surface area contributed by atoms with Gasteiger partial charge in [-0.05, 0) is 30.2 Å². The molecule has 1 aromatic carbocycles. The molecule has 30 heavy (non-hydrogen) atoms. The number of anilines is 1. The Bertz CT molecular complexity index is 1280. The zero-order chi connectivity index (χ0) is 22.1. The van der Waals surface area contributed by atoms with Gasteiger partial charge in [0.2, 0.25) is 10.0 Å². The second-order valence-corrected chi connectivity index (χ2v) is 8.41. The number of hydrogen-bond acceptors (Lipinski definition) is 7. The molecule has 2 heterocycles. The van der Waals surface area contributed by atoms with Crippen molar-refractivity contribution < 1.29 is 23.2 Å². The van der Waals surface area contributed by atoms with Gasteiger partial charge in [-0.1, -0.05) is 26.0 Å². The van der Waals surface area contributed by atoms with Crippen LogP contribution in [0.15, 0.2) is 52.3 Å². The van der Waals surface area contributed by atoms with E-state index >= 15 is 0 Å². The van der Waals surface area contributed by atoms with Crippen molar-refractivity contribution in [3.63, 3.8) is 0 Å². The minimum atomic E-state index is -4.14. The maximum atomic E-state index is 13.0. The highest BCUT2D eigenvalue weighted by atomic mass is 32.2. The van der Waals surface area contributed by atoms with E-state index in [2.05, 4.69) is 10.3 Å². The molecule has 2 aromatic heterocycles. The van der Waals surface area contributed by atoms with Gasteiger partial charge in [-0.3, -0.25) is 9.59 Å². The van der Waals surface area contributed by atoms with Crippen LogP contribution in [0.4, 0.5) is 5.69 Å². The van der Waals surface area contributed by atoms with Gasteiger partial charge >= 0.3 is 5.56 Å². The molecule has 10 nitrogen and oxygen atoms in total. The topological polar surface area (TPSA) is 154 Å². The van der Waals surface area contributed by atoms with Gasteiger partial charge in [0.1, 0.15) is 17.3 Å². The minimum absolute atomic E-state index is 0.0436. The zero-order valence-electron chi connectivity index (χ0n) is 16.2. The lowest BCUT2D eigenvalue weighted by Gasteiger charge is -2.16. The molecule has 0 aliphatic rings. The summed E-state index contributed by atoms with van der Waals surface area (Å²) < 4.78 is 24.4. The fourth-order valence-corrected chi connectivity index (χ4v) is 3.42. The van der Waals surface area contributed by atoms with Crippen molar-refractivity contribution in [2.45, 2.75) is 18.7 Å². The number of pyridine rings is 2. The first-order valence-corrected chi connectivity index (χ1v) is 10.4. The first kappa shape index (κ1) is 21.3. The number of amides is 1. The molecule has 0 fully saturated rings. The number of primary sulfonamides is 1. The van der Waals surface area contributed by atoms with Crippen LogP contribution in [-0.4, -0.2) is 35.8 Å². The lowest BCUT2D eigenvalue weighted by molar-refractivity contribution is 0.0866. The molecule has 4 N–H and O–H groups in total. The van der Waals surface area contributed by atoms with Gasteiger partial charge in [-0.15, -0.1) is 4.73 Å². The Labute approximate surface area is 171 Å². The molecule has 3 aromatic rings. The summed E-state index contributed by atoms with van der Waals surface area (Å²) in [6.45, 7) is 3.91. The van der Waals surface area contributed by atoms with Crippen molar-refractivity contribution in [2.75, 3.05) is 11.9 Å². The molecule has 0 saturated heterocycles. The standard InChI is InChI=1S/C19H20N4O6S/c1-11(2)10-29-23-17-12(6-5-9-21-17)16(24)15(19(23)26)18(25)22-13-7-3-4-8-14(13)30(20,27)28/h3-9,11,24H,10H2,1-2H3,(H,22,25)(H2,20,27,28). The number of nitrogens with zero attached hydrogens (tertiary/aromatic N) is 2. The van der Waals surface area contributed by atoms with E-state index in [9.17, 15) is 23.1 Å². The van der Waals surface area contributed by atoms with Crippen molar-refractivity contribution in [2.24, 2.45) is 11.1 Å². The summed E-state index contributed by atoms with van der Waals surface area (Å²) >= 11 is 0. The largest absolute Gasteiger partial charge is 0.506 e. The van der Waals surface area contributed by atoms with E-state index in [1.807, 2.05) is 13.8 Å². The van der Waals surface area contributed by atoms with E-state index in [-0.39, 0.29) is 34.1 Å². The van der Waals surface area contributed by atoms with Crippen molar-refractivity contribution in [1.29, 1.82) is 0 Å². The monoisotopic (exact) mass is 432 g/mol. The molecular weight excluding hydrogens is 412 g/mol. The Morgan fingerprint density at radius 1 is 1.27 bits per heavy atom. The molecule has 0 bridgehead atoms. The summed E-state index contributed by atoms with van der Waals surface area (Å²) in [6, 6.07) is 8.43. The molecule has 1 amide bonds. The van der Waals surface area contributed by atoms with E-state index in [0.29, 0.717) is 0 Å². The summed E-state index contributed by atoms with van der Waals surface area (Å²) in [7, 11) is -4.14. The maximum absolute atomic E-state index is 13.0. The van der Waals surface area contributed by atoms with E-state index < -0.39 is 32.8 Å². The number of para-hydroxylation sites is 1. The van der Waals surface area contributed by atoms with Gasteiger partial charge in [0.05, 0.1) is 11.1 Å². The van der Waals surface area contributed by atoms with E-state index in [1.165, 1.54) is 42.6 Å². The second-order valence-electron chi connectivity index (χ2n) is 6.88. The van der Waals surface area contributed by atoms with E-state index in [4.69, 9.17) is 9.98 Å². The number of nitrogens with two attached hydrogens (primary N) is 1. The molecule has 0 saturated carbocycles. The number of nitrogens with one attached hydrogen (secondary N) is 1. The molecule has 0 aliphatic heterocycles. The SMILES string of the molecule is CC(C)COn1c(=O)c(C(=O)Nc2ccccc2S(N)(=O)=O)c(O)c2cccnc21. The van der Waals surface area contributed by atoms with Crippen LogP contribution in [0, 0.1) is 5.92 Å². The molecule has 0 atom stereocenters. The highest BCUT2D eigenvalue weighted by molar-refractivity contribution is 7.89.